The third-order valence-electron chi connectivity index (χ3n) is 2.96. The Morgan fingerprint density at radius 1 is 1.00 bits per heavy atom. The first-order valence-corrected chi connectivity index (χ1v) is 6.58. The molecule has 0 fully saturated rings. The van der Waals surface area contributed by atoms with Gasteiger partial charge in [0.1, 0.15) is 0 Å². The zero-order valence-electron chi connectivity index (χ0n) is 11.8. The molecule has 2 aromatic rings. The van der Waals surface area contributed by atoms with E-state index in [1.165, 1.54) is 18.2 Å². The molecule has 0 bridgehead atoms. The van der Waals surface area contributed by atoms with Crippen LogP contribution in [0.25, 0.3) is 0 Å². The molecule has 0 saturated heterocycles. The number of nitrogens with one attached hydrogen (secondary N) is 1. The van der Waals surface area contributed by atoms with Crippen LogP contribution in [0.2, 0.25) is 0 Å². The van der Waals surface area contributed by atoms with Gasteiger partial charge in [0.25, 0.3) is 0 Å². The Bertz CT molecular complexity index is 673. The lowest BCUT2D eigenvalue weighted by molar-refractivity contribution is -0.137. The van der Waals surface area contributed by atoms with Gasteiger partial charge in [-0.3, -0.25) is 4.79 Å². The Balaban J connectivity index is 2.09. The Hall–Kier alpha value is -2.56. The molecular weight excluding hydrogens is 291 g/mol. The summed E-state index contributed by atoms with van der Waals surface area (Å²) in [5, 5.41) is 3.04. The SMILES string of the molecule is C/C(=C/C(=O)c1ccc(C(F)(F)F)cc1)Nc1ccccc1. The minimum absolute atomic E-state index is 0.210. The summed E-state index contributed by atoms with van der Waals surface area (Å²) in [6, 6.07) is 13.4. The number of para-hydroxylation sites is 1. The largest absolute Gasteiger partial charge is 0.416 e. The number of anilines is 1. The van der Waals surface area contributed by atoms with Crippen LogP contribution in [-0.2, 0) is 6.18 Å². The molecule has 1 N–H and O–H groups in total. The van der Waals surface area contributed by atoms with Gasteiger partial charge in [-0.1, -0.05) is 30.3 Å². The summed E-state index contributed by atoms with van der Waals surface area (Å²) in [6.45, 7) is 1.72. The highest BCUT2D eigenvalue weighted by molar-refractivity contribution is 6.05. The van der Waals surface area contributed by atoms with Crippen molar-refractivity contribution in [3.63, 3.8) is 0 Å². The molecule has 0 amide bonds. The van der Waals surface area contributed by atoms with Gasteiger partial charge in [-0.15, -0.1) is 0 Å². The molecule has 0 atom stereocenters. The molecule has 0 heterocycles. The third kappa shape index (κ3) is 4.22. The lowest BCUT2D eigenvalue weighted by atomic mass is 10.1. The van der Waals surface area contributed by atoms with E-state index in [1.54, 1.807) is 6.92 Å². The van der Waals surface area contributed by atoms with Crippen molar-refractivity contribution in [3.05, 3.63) is 77.5 Å². The number of rotatable bonds is 4. The highest BCUT2D eigenvalue weighted by Crippen LogP contribution is 2.29. The van der Waals surface area contributed by atoms with Gasteiger partial charge in [0.15, 0.2) is 5.78 Å². The van der Waals surface area contributed by atoms with Crippen molar-refractivity contribution in [1.82, 2.24) is 0 Å². The van der Waals surface area contributed by atoms with Crippen molar-refractivity contribution >= 4 is 11.5 Å². The smallest absolute Gasteiger partial charge is 0.359 e. The lowest BCUT2D eigenvalue weighted by Crippen LogP contribution is -2.06. The van der Waals surface area contributed by atoms with E-state index in [-0.39, 0.29) is 11.3 Å². The molecule has 114 valence electrons. The van der Waals surface area contributed by atoms with Gasteiger partial charge in [-0.05, 0) is 31.2 Å². The number of carbonyl (C=O) groups is 1. The van der Waals surface area contributed by atoms with E-state index in [4.69, 9.17) is 0 Å². The summed E-state index contributed by atoms with van der Waals surface area (Å²) in [5.74, 6) is -0.352. The van der Waals surface area contributed by atoms with E-state index in [1.807, 2.05) is 30.3 Å². The molecule has 2 nitrogen and oxygen atoms in total. The fraction of sp³-hybridized carbons (Fsp3) is 0.118. The van der Waals surface area contributed by atoms with Crippen LogP contribution in [-0.4, -0.2) is 5.78 Å². The first-order valence-electron chi connectivity index (χ1n) is 6.58. The minimum Gasteiger partial charge on any atom is -0.359 e. The molecule has 0 radical (unpaired) electrons. The van der Waals surface area contributed by atoms with Gasteiger partial charge in [-0.25, -0.2) is 0 Å². The summed E-state index contributed by atoms with van der Waals surface area (Å²) in [7, 11) is 0. The fourth-order valence-corrected chi connectivity index (χ4v) is 1.89. The van der Waals surface area contributed by atoms with Crippen molar-refractivity contribution in [2.24, 2.45) is 0 Å². The number of carbonyl (C=O) groups excluding carboxylic acids is 1. The maximum atomic E-state index is 12.5. The highest BCUT2D eigenvalue weighted by Gasteiger charge is 2.30. The monoisotopic (exact) mass is 305 g/mol. The minimum atomic E-state index is -4.40. The van der Waals surface area contributed by atoms with Crippen LogP contribution < -0.4 is 5.32 Å². The van der Waals surface area contributed by atoms with Gasteiger partial charge in [0.05, 0.1) is 5.56 Å². The quantitative estimate of drug-likeness (QED) is 0.642. The average molecular weight is 305 g/mol. The summed E-state index contributed by atoms with van der Waals surface area (Å²) >= 11 is 0. The van der Waals surface area contributed by atoms with E-state index in [9.17, 15) is 18.0 Å². The maximum Gasteiger partial charge on any atom is 0.416 e. The second-order valence-electron chi connectivity index (χ2n) is 4.76. The van der Waals surface area contributed by atoms with Crippen molar-refractivity contribution in [2.45, 2.75) is 13.1 Å². The number of alkyl halides is 3. The fourth-order valence-electron chi connectivity index (χ4n) is 1.89. The molecule has 0 aliphatic rings. The summed E-state index contributed by atoms with van der Waals surface area (Å²) in [5.41, 5.74) is 0.877. The molecule has 0 aliphatic heterocycles. The Labute approximate surface area is 126 Å². The van der Waals surface area contributed by atoms with Crippen LogP contribution in [0.1, 0.15) is 22.8 Å². The predicted octanol–water partition coefficient (Wildman–Crippen LogP) is 4.90. The van der Waals surface area contributed by atoms with Crippen LogP contribution in [0, 0.1) is 0 Å². The molecule has 0 saturated carbocycles. The number of benzene rings is 2. The number of hydrogen-bond donors (Lipinski definition) is 1. The van der Waals surface area contributed by atoms with E-state index < -0.39 is 11.7 Å². The van der Waals surface area contributed by atoms with Gasteiger partial charge in [-0.2, -0.15) is 13.2 Å². The van der Waals surface area contributed by atoms with Crippen LogP contribution >= 0.6 is 0 Å². The van der Waals surface area contributed by atoms with Gasteiger partial charge >= 0.3 is 6.18 Å². The average Bonchev–Trinajstić information content (AvgIpc) is 2.47. The van der Waals surface area contributed by atoms with Crippen LogP contribution in [0.3, 0.4) is 0 Å². The number of allylic oxidation sites excluding steroid dienone is 2. The van der Waals surface area contributed by atoms with E-state index in [2.05, 4.69) is 5.32 Å². The molecule has 2 rings (SSSR count). The van der Waals surface area contributed by atoms with E-state index in [0.717, 1.165) is 17.8 Å². The van der Waals surface area contributed by atoms with Crippen LogP contribution in [0.15, 0.2) is 66.4 Å². The van der Waals surface area contributed by atoms with Crippen molar-refractivity contribution in [2.75, 3.05) is 5.32 Å². The molecule has 0 unspecified atom stereocenters. The summed E-state index contributed by atoms with van der Waals surface area (Å²) in [6.07, 6.45) is -3.04. The molecule has 22 heavy (non-hydrogen) atoms. The molecule has 5 heteroatoms. The Morgan fingerprint density at radius 3 is 2.14 bits per heavy atom. The van der Waals surface area contributed by atoms with E-state index >= 15 is 0 Å². The Morgan fingerprint density at radius 2 is 1.59 bits per heavy atom. The van der Waals surface area contributed by atoms with Crippen LogP contribution in [0.4, 0.5) is 18.9 Å². The molecule has 0 aromatic heterocycles. The normalized spacial score (nSPS) is 12.1. The number of hydrogen-bond acceptors (Lipinski definition) is 2. The lowest BCUT2D eigenvalue weighted by Gasteiger charge is -2.07. The number of ketones is 1. The van der Waals surface area contributed by atoms with E-state index in [0.29, 0.717) is 5.70 Å². The first kappa shape index (κ1) is 15.8. The summed E-state index contributed by atoms with van der Waals surface area (Å²) in [4.78, 5) is 12.0. The van der Waals surface area contributed by atoms with Gasteiger partial charge in [0, 0.05) is 23.0 Å². The first-order chi connectivity index (χ1) is 10.4. The maximum absolute atomic E-state index is 12.5. The summed E-state index contributed by atoms with van der Waals surface area (Å²) < 4.78 is 37.4. The zero-order valence-corrected chi connectivity index (χ0v) is 11.8. The standard InChI is InChI=1S/C17H14F3NO/c1-12(21-15-5-3-2-4-6-15)11-16(22)13-7-9-14(10-8-13)17(18,19)20/h2-11,21H,1H3/b12-11-. The van der Waals surface area contributed by atoms with Crippen molar-refractivity contribution in [1.29, 1.82) is 0 Å². The molecule has 0 aliphatic carbocycles. The zero-order chi connectivity index (χ0) is 16.2. The molecular formula is C17H14F3NO. The highest BCUT2D eigenvalue weighted by atomic mass is 19.4. The molecule has 0 spiro atoms. The van der Waals surface area contributed by atoms with Gasteiger partial charge in [0.2, 0.25) is 0 Å². The number of halogens is 3. The van der Waals surface area contributed by atoms with Crippen molar-refractivity contribution < 1.29 is 18.0 Å². The second kappa shape index (κ2) is 6.47. The van der Waals surface area contributed by atoms with Crippen molar-refractivity contribution in [3.8, 4) is 0 Å². The molecule has 2 aromatic carbocycles. The van der Waals surface area contributed by atoms with Gasteiger partial charge < -0.3 is 5.32 Å². The third-order valence-corrected chi connectivity index (χ3v) is 2.96. The predicted molar refractivity (Wildman–Crippen MR) is 79.6 cm³/mol. The topological polar surface area (TPSA) is 29.1 Å². The van der Waals surface area contributed by atoms with Crippen LogP contribution in [0.5, 0.6) is 0 Å². The Kier molecular flexibility index (Phi) is 4.65. The second-order valence-corrected chi connectivity index (χ2v) is 4.76.